The van der Waals surface area contributed by atoms with Crippen LogP contribution in [0.2, 0.25) is 0 Å². The zero-order chi connectivity index (χ0) is 20.3. The van der Waals surface area contributed by atoms with Crippen LogP contribution < -0.4 is 16.4 Å². The molecule has 1 atom stereocenters. The molecule has 1 aromatic heterocycles. The first-order valence-corrected chi connectivity index (χ1v) is 10.8. The van der Waals surface area contributed by atoms with E-state index in [-0.39, 0.29) is 18.5 Å². The van der Waals surface area contributed by atoms with Gasteiger partial charge in [0.1, 0.15) is 5.00 Å². The molecule has 2 aromatic rings. The number of primary amides is 1. The fourth-order valence-electron chi connectivity index (χ4n) is 3.83. The van der Waals surface area contributed by atoms with Gasteiger partial charge < -0.3 is 16.4 Å². The molecule has 0 fully saturated rings. The number of fused-ring (bicyclic) bond motifs is 1. The van der Waals surface area contributed by atoms with Gasteiger partial charge in [0.15, 0.2) is 0 Å². The Bertz CT molecular complexity index is 855. The van der Waals surface area contributed by atoms with Crippen LogP contribution in [0.25, 0.3) is 0 Å². The van der Waals surface area contributed by atoms with Crippen molar-refractivity contribution in [3.63, 3.8) is 0 Å². The Morgan fingerprint density at radius 3 is 2.50 bits per heavy atom. The molecule has 0 unspecified atom stereocenters. The second-order valence-corrected chi connectivity index (χ2v) is 8.78. The lowest BCUT2D eigenvalue weighted by Gasteiger charge is -2.23. The van der Waals surface area contributed by atoms with Gasteiger partial charge in [-0.15, -0.1) is 11.3 Å². The first kappa shape index (κ1) is 20.6. The minimum Gasteiger partial charge on any atom is -0.365 e. The summed E-state index contributed by atoms with van der Waals surface area (Å²) in [4.78, 5) is 25.6. The fraction of sp³-hybridized carbons (Fsp3) is 0.455. The van der Waals surface area contributed by atoms with Crippen LogP contribution in [0.4, 0.5) is 5.00 Å². The zero-order valence-corrected chi connectivity index (χ0v) is 17.6. The average Bonchev–Trinajstić information content (AvgIpc) is 3.22. The summed E-state index contributed by atoms with van der Waals surface area (Å²) in [6.07, 6.45) is 3.87. The van der Waals surface area contributed by atoms with E-state index in [2.05, 4.69) is 55.7 Å². The highest BCUT2D eigenvalue weighted by molar-refractivity contribution is 7.17. The molecule has 1 aromatic carbocycles. The highest BCUT2D eigenvalue weighted by Crippen LogP contribution is 2.38. The first-order chi connectivity index (χ1) is 13.4. The van der Waals surface area contributed by atoms with Crippen molar-refractivity contribution in [2.45, 2.75) is 52.5 Å². The predicted octanol–water partition coefficient (Wildman–Crippen LogP) is 3.82. The number of carbonyl (C=O) groups excluding carboxylic acids is 2. The summed E-state index contributed by atoms with van der Waals surface area (Å²) in [6.45, 7) is 6.59. The Kier molecular flexibility index (Phi) is 6.52. The molecule has 1 aliphatic rings. The number of rotatable bonds is 8. The van der Waals surface area contributed by atoms with Gasteiger partial charge >= 0.3 is 0 Å². The number of hydrogen-bond acceptors (Lipinski definition) is 4. The Morgan fingerprint density at radius 2 is 1.89 bits per heavy atom. The molecule has 150 valence electrons. The molecule has 0 spiro atoms. The van der Waals surface area contributed by atoms with E-state index in [4.69, 9.17) is 5.73 Å². The maximum atomic E-state index is 12.6. The topological polar surface area (TPSA) is 84.2 Å². The monoisotopic (exact) mass is 399 g/mol. The third-order valence-electron chi connectivity index (χ3n) is 5.32. The van der Waals surface area contributed by atoms with Crippen LogP contribution in [0.1, 0.15) is 65.2 Å². The van der Waals surface area contributed by atoms with Crippen LogP contribution >= 0.6 is 11.3 Å². The predicted molar refractivity (Wildman–Crippen MR) is 115 cm³/mol. The van der Waals surface area contributed by atoms with E-state index in [1.54, 1.807) is 0 Å². The highest BCUT2D eigenvalue weighted by Gasteiger charge is 2.26. The number of benzene rings is 1. The van der Waals surface area contributed by atoms with Crippen LogP contribution in [0.5, 0.6) is 0 Å². The molecule has 3 rings (SSSR count). The fourth-order valence-corrected chi connectivity index (χ4v) is 5.14. The number of aryl methyl sites for hydroxylation is 2. The molecule has 0 saturated heterocycles. The van der Waals surface area contributed by atoms with Crippen molar-refractivity contribution < 1.29 is 9.59 Å². The molecular formula is C22H29N3O2S. The Balaban J connectivity index is 1.66. The van der Waals surface area contributed by atoms with Gasteiger partial charge in [-0.2, -0.15) is 0 Å². The maximum Gasteiger partial charge on any atom is 0.251 e. The summed E-state index contributed by atoms with van der Waals surface area (Å²) in [5.41, 5.74) is 9.57. The quantitative estimate of drug-likeness (QED) is 0.631. The van der Waals surface area contributed by atoms with E-state index in [0.717, 1.165) is 31.2 Å². The molecule has 1 aliphatic carbocycles. The molecule has 4 N–H and O–H groups in total. The molecule has 0 saturated carbocycles. The number of nitrogens with one attached hydrogen (secondary N) is 2. The summed E-state index contributed by atoms with van der Waals surface area (Å²) in [5.74, 6) is -0.274. The van der Waals surface area contributed by atoms with Crippen molar-refractivity contribution in [2.75, 3.05) is 11.9 Å². The zero-order valence-electron chi connectivity index (χ0n) is 16.8. The molecular weight excluding hydrogens is 370 g/mol. The van der Waals surface area contributed by atoms with Crippen LogP contribution in [-0.2, 0) is 24.1 Å². The third-order valence-corrected chi connectivity index (χ3v) is 6.52. The summed E-state index contributed by atoms with van der Waals surface area (Å²) in [6, 6.07) is 8.62. The lowest BCUT2D eigenvalue weighted by atomic mass is 9.95. The summed E-state index contributed by atoms with van der Waals surface area (Å²) >= 11 is 1.49. The van der Waals surface area contributed by atoms with Crippen molar-refractivity contribution in [3.8, 4) is 0 Å². The number of thiophene rings is 1. The Morgan fingerprint density at radius 1 is 1.18 bits per heavy atom. The van der Waals surface area contributed by atoms with Gasteiger partial charge in [0, 0.05) is 10.9 Å². The van der Waals surface area contributed by atoms with E-state index in [9.17, 15) is 9.59 Å². The van der Waals surface area contributed by atoms with Crippen molar-refractivity contribution in [2.24, 2.45) is 11.7 Å². The van der Waals surface area contributed by atoms with Crippen molar-refractivity contribution in [3.05, 3.63) is 51.4 Å². The Hall–Kier alpha value is -2.18. The molecule has 0 bridgehead atoms. The van der Waals surface area contributed by atoms with Gasteiger partial charge in [0.2, 0.25) is 5.91 Å². The minimum absolute atomic E-state index is 0.0839. The number of carbonyl (C=O) groups is 2. The second-order valence-electron chi connectivity index (χ2n) is 7.67. The largest absolute Gasteiger partial charge is 0.365 e. The minimum atomic E-state index is -0.460. The second kappa shape index (κ2) is 8.88. The number of anilines is 1. The number of hydrogen-bond donors (Lipinski definition) is 3. The number of amides is 2. The summed E-state index contributed by atoms with van der Waals surface area (Å²) in [5, 5.41) is 6.86. The van der Waals surface area contributed by atoms with Crippen LogP contribution in [0.3, 0.4) is 0 Å². The van der Waals surface area contributed by atoms with Crippen LogP contribution in [-0.4, -0.2) is 18.4 Å². The van der Waals surface area contributed by atoms with Crippen LogP contribution in [0.15, 0.2) is 24.3 Å². The highest BCUT2D eigenvalue weighted by atomic mass is 32.1. The van der Waals surface area contributed by atoms with Crippen LogP contribution in [0, 0.1) is 5.92 Å². The van der Waals surface area contributed by atoms with E-state index < -0.39 is 5.91 Å². The molecule has 6 heteroatoms. The van der Waals surface area contributed by atoms with E-state index in [0.29, 0.717) is 16.5 Å². The lowest BCUT2D eigenvalue weighted by Crippen LogP contribution is -2.34. The van der Waals surface area contributed by atoms with Gasteiger partial charge in [-0.1, -0.05) is 45.0 Å². The third kappa shape index (κ3) is 4.45. The SMILES string of the molecule is CCc1ccc([C@@H](NCC(=O)Nc2sc3c(c2C(N)=O)CCC3)C(C)C)cc1. The molecule has 28 heavy (non-hydrogen) atoms. The molecule has 1 heterocycles. The van der Waals surface area contributed by atoms with E-state index in [1.165, 1.54) is 27.3 Å². The molecule has 5 nitrogen and oxygen atoms in total. The average molecular weight is 400 g/mol. The van der Waals surface area contributed by atoms with Gasteiger partial charge in [0.05, 0.1) is 12.1 Å². The normalized spacial score (nSPS) is 14.1. The van der Waals surface area contributed by atoms with Crippen molar-refractivity contribution in [1.29, 1.82) is 0 Å². The lowest BCUT2D eigenvalue weighted by molar-refractivity contribution is -0.115. The summed E-state index contributed by atoms with van der Waals surface area (Å²) in [7, 11) is 0. The van der Waals surface area contributed by atoms with E-state index in [1.807, 2.05) is 0 Å². The summed E-state index contributed by atoms with van der Waals surface area (Å²) < 4.78 is 0. The van der Waals surface area contributed by atoms with Gasteiger partial charge in [-0.3, -0.25) is 9.59 Å². The molecule has 0 aliphatic heterocycles. The molecule has 0 radical (unpaired) electrons. The standard InChI is InChI=1S/C22H29N3O2S/c1-4-14-8-10-15(11-9-14)20(13(2)3)24-12-18(26)25-22-19(21(23)27)16-6-5-7-17(16)28-22/h8-11,13,20,24H,4-7,12H2,1-3H3,(H2,23,27)(H,25,26)/t20-/m0/s1. The van der Waals surface area contributed by atoms with Gasteiger partial charge in [-0.05, 0) is 48.3 Å². The maximum absolute atomic E-state index is 12.6. The smallest absolute Gasteiger partial charge is 0.251 e. The van der Waals surface area contributed by atoms with Gasteiger partial charge in [-0.25, -0.2) is 0 Å². The first-order valence-electron chi connectivity index (χ1n) is 9.97. The van der Waals surface area contributed by atoms with E-state index >= 15 is 0 Å². The van der Waals surface area contributed by atoms with Gasteiger partial charge in [0.25, 0.3) is 5.91 Å². The van der Waals surface area contributed by atoms with Crippen molar-refractivity contribution >= 4 is 28.2 Å². The number of nitrogens with two attached hydrogens (primary N) is 1. The Labute approximate surface area is 170 Å². The van der Waals surface area contributed by atoms with Crippen molar-refractivity contribution in [1.82, 2.24) is 5.32 Å². The molecule has 2 amide bonds.